The minimum Gasteiger partial charge on any atom is -0.387 e. The van der Waals surface area contributed by atoms with Crippen molar-refractivity contribution in [3.63, 3.8) is 0 Å². The van der Waals surface area contributed by atoms with E-state index < -0.39 is 5.60 Å². The van der Waals surface area contributed by atoms with Crippen LogP contribution in [-0.2, 0) is 6.54 Å². The number of nitrogens with zero attached hydrogens (tertiary/aromatic N) is 1. The third-order valence-corrected chi connectivity index (χ3v) is 5.50. The maximum Gasteiger partial charge on any atom is 0.0909 e. The summed E-state index contributed by atoms with van der Waals surface area (Å²) in [5.74, 6) is 0. The largest absolute Gasteiger partial charge is 0.387 e. The zero-order chi connectivity index (χ0) is 14.2. The molecule has 22 heavy (non-hydrogen) atoms. The van der Waals surface area contributed by atoms with Crippen molar-refractivity contribution in [2.24, 2.45) is 0 Å². The van der Waals surface area contributed by atoms with Crippen molar-refractivity contribution in [1.29, 1.82) is 0 Å². The number of halogens is 3. The summed E-state index contributed by atoms with van der Waals surface area (Å²) in [6.45, 7) is 3.02. The van der Waals surface area contributed by atoms with Crippen molar-refractivity contribution in [1.82, 2.24) is 10.2 Å². The van der Waals surface area contributed by atoms with Crippen LogP contribution in [0.1, 0.15) is 11.3 Å². The van der Waals surface area contributed by atoms with Crippen LogP contribution >= 0.6 is 47.8 Å². The predicted molar refractivity (Wildman–Crippen MR) is 100 cm³/mol. The molecule has 0 spiro atoms. The first kappa shape index (κ1) is 20.0. The molecule has 2 heterocycles. The molecule has 1 aromatic carbocycles. The topological polar surface area (TPSA) is 35.5 Å². The molecule has 1 unspecified atom stereocenters. The number of hydrogen-bond donors (Lipinski definition) is 2. The van der Waals surface area contributed by atoms with Gasteiger partial charge in [0.25, 0.3) is 0 Å². The first-order chi connectivity index (χ1) is 9.57. The van der Waals surface area contributed by atoms with Crippen molar-refractivity contribution in [2.45, 2.75) is 18.6 Å². The fraction of sp³-hybridized carbons (Fsp3) is 0.467. The van der Waals surface area contributed by atoms with Crippen molar-refractivity contribution in [3.05, 3.63) is 34.2 Å². The van der Waals surface area contributed by atoms with Gasteiger partial charge < -0.3 is 10.4 Å². The van der Waals surface area contributed by atoms with Crippen LogP contribution in [0.5, 0.6) is 0 Å². The monoisotopic (exact) mass is 382 g/mol. The van der Waals surface area contributed by atoms with Crippen LogP contribution in [0.25, 0.3) is 10.1 Å². The molecule has 3 nitrogen and oxygen atoms in total. The maximum atomic E-state index is 10.4. The van der Waals surface area contributed by atoms with E-state index in [1.165, 1.54) is 9.58 Å². The van der Waals surface area contributed by atoms with E-state index in [1.807, 2.05) is 19.2 Å². The summed E-state index contributed by atoms with van der Waals surface area (Å²) in [5.41, 5.74) is -0.599. The summed E-state index contributed by atoms with van der Waals surface area (Å²) in [6, 6.07) is 8.22. The Hall–Kier alpha value is -0.0700. The minimum atomic E-state index is -0.599. The lowest BCUT2D eigenvalue weighted by atomic mass is 10.0. The maximum absolute atomic E-state index is 10.4. The first-order valence-electron chi connectivity index (χ1n) is 6.85. The Morgan fingerprint density at radius 3 is 2.73 bits per heavy atom. The van der Waals surface area contributed by atoms with Crippen LogP contribution in [0, 0.1) is 0 Å². The normalized spacial score (nSPS) is 20.9. The van der Waals surface area contributed by atoms with Gasteiger partial charge in [0.1, 0.15) is 0 Å². The van der Waals surface area contributed by atoms with Crippen LogP contribution in [0.4, 0.5) is 0 Å². The van der Waals surface area contributed by atoms with Gasteiger partial charge in [-0.25, -0.2) is 0 Å². The Kier molecular flexibility index (Phi) is 7.40. The molecule has 1 saturated heterocycles. The van der Waals surface area contributed by atoms with Gasteiger partial charge >= 0.3 is 0 Å². The lowest BCUT2D eigenvalue weighted by Gasteiger charge is -2.27. The number of nitrogens with one attached hydrogen (secondary N) is 1. The van der Waals surface area contributed by atoms with E-state index in [4.69, 9.17) is 11.6 Å². The van der Waals surface area contributed by atoms with Crippen molar-refractivity contribution < 1.29 is 5.11 Å². The van der Waals surface area contributed by atoms with Crippen molar-refractivity contribution in [2.75, 3.05) is 26.7 Å². The van der Waals surface area contributed by atoms with Gasteiger partial charge in [-0.15, -0.1) is 36.2 Å². The van der Waals surface area contributed by atoms with Gasteiger partial charge in [0.15, 0.2) is 0 Å². The number of aliphatic hydroxyl groups is 1. The Bertz CT molecular complexity index is 614. The Labute approximate surface area is 152 Å². The lowest BCUT2D eigenvalue weighted by molar-refractivity contribution is 0.0266. The zero-order valence-corrected chi connectivity index (χ0v) is 15.5. The Morgan fingerprint density at radius 2 is 2.09 bits per heavy atom. The van der Waals surface area contributed by atoms with Gasteiger partial charge in [0.05, 0.1) is 10.6 Å². The molecule has 0 amide bonds. The average molecular weight is 384 g/mol. The van der Waals surface area contributed by atoms with Crippen LogP contribution in [0.15, 0.2) is 24.3 Å². The fourth-order valence-electron chi connectivity index (χ4n) is 2.84. The second kappa shape index (κ2) is 8.15. The van der Waals surface area contributed by atoms with Gasteiger partial charge in [0, 0.05) is 34.6 Å². The van der Waals surface area contributed by atoms with Crippen LogP contribution in [0.2, 0.25) is 5.02 Å². The highest BCUT2D eigenvalue weighted by atomic mass is 35.5. The minimum absolute atomic E-state index is 0. The van der Waals surface area contributed by atoms with Crippen LogP contribution in [0.3, 0.4) is 0 Å². The van der Waals surface area contributed by atoms with Gasteiger partial charge in [-0.1, -0.05) is 29.8 Å². The number of rotatable bonds is 4. The van der Waals surface area contributed by atoms with E-state index in [9.17, 15) is 5.11 Å². The summed E-state index contributed by atoms with van der Waals surface area (Å²) < 4.78 is 1.22. The highest BCUT2D eigenvalue weighted by Crippen LogP contribution is 2.35. The first-order valence-corrected chi connectivity index (χ1v) is 8.04. The summed E-state index contributed by atoms with van der Waals surface area (Å²) in [5, 5.41) is 15.6. The molecule has 2 aromatic rings. The van der Waals surface area contributed by atoms with E-state index in [-0.39, 0.29) is 24.8 Å². The molecule has 7 heteroatoms. The SMILES string of the molecule is CN(Cc1sc2ccccc2c1Cl)CC1(O)CCNC1.Cl.Cl. The standard InChI is InChI=1S/C15H19ClN2OS.2ClH/c1-18(10-15(19)6-7-17-9-15)8-13-14(16)11-4-2-3-5-12(11)20-13;;/h2-5,17,19H,6-10H2,1H3;2*1H. The lowest BCUT2D eigenvalue weighted by Crippen LogP contribution is -2.42. The zero-order valence-electron chi connectivity index (χ0n) is 12.3. The third kappa shape index (κ3) is 4.26. The smallest absolute Gasteiger partial charge is 0.0909 e. The van der Waals surface area contributed by atoms with Gasteiger partial charge in [-0.05, 0) is 26.1 Å². The molecule has 1 aromatic heterocycles. The van der Waals surface area contributed by atoms with Gasteiger partial charge in [-0.2, -0.15) is 0 Å². The van der Waals surface area contributed by atoms with Gasteiger partial charge in [0.2, 0.25) is 0 Å². The molecule has 0 aliphatic carbocycles. The molecule has 1 atom stereocenters. The molecule has 0 radical (unpaired) electrons. The Morgan fingerprint density at radius 1 is 1.36 bits per heavy atom. The van der Waals surface area contributed by atoms with Gasteiger partial charge in [-0.3, -0.25) is 4.90 Å². The molecule has 0 saturated carbocycles. The molecule has 1 fully saturated rings. The number of β-amino-alcohol motifs (C(OH)–C–C–N with tert-alkyl or cyclic N) is 1. The quantitative estimate of drug-likeness (QED) is 0.847. The molecule has 124 valence electrons. The molecule has 0 bridgehead atoms. The summed E-state index contributed by atoms with van der Waals surface area (Å²) in [6.07, 6.45) is 0.817. The van der Waals surface area contributed by atoms with E-state index in [1.54, 1.807) is 11.3 Å². The second-order valence-corrected chi connectivity index (χ2v) is 7.17. The van der Waals surface area contributed by atoms with Crippen LogP contribution in [-0.4, -0.2) is 42.3 Å². The summed E-state index contributed by atoms with van der Waals surface area (Å²) >= 11 is 8.20. The molecule has 1 aliphatic heterocycles. The average Bonchev–Trinajstić information content (AvgIpc) is 2.96. The molecular weight excluding hydrogens is 363 g/mol. The molecule has 2 N–H and O–H groups in total. The van der Waals surface area contributed by atoms with Crippen LogP contribution < -0.4 is 5.32 Å². The number of likely N-dealkylation sites (N-methyl/N-ethyl adjacent to an activating group) is 1. The number of fused-ring (bicyclic) bond motifs is 1. The van der Waals surface area contributed by atoms with E-state index >= 15 is 0 Å². The Balaban J connectivity index is 0.00000121. The van der Waals surface area contributed by atoms with Crippen molar-refractivity contribution in [3.8, 4) is 0 Å². The van der Waals surface area contributed by atoms with E-state index in [0.717, 1.165) is 29.9 Å². The number of thiophene rings is 1. The molecule has 3 rings (SSSR count). The predicted octanol–water partition coefficient (Wildman–Crippen LogP) is 3.55. The van der Waals surface area contributed by atoms with E-state index in [0.29, 0.717) is 13.1 Å². The summed E-state index contributed by atoms with van der Waals surface area (Å²) in [7, 11) is 2.04. The fourth-order valence-corrected chi connectivity index (χ4v) is 4.41. The van der Waals surface area contributed by atoms with E-state index in [2.05, 4.69) is 22.3 Å². The second-order valence-electron chi connectivity index (χ2n) is 5.66. The summed E-state index contributed by atoms with van der Waals surface area (Å²) in [4.78, 5) is 3.33. The molecule has 1 aliphatic rings. The number of hydrogen-bond acceptors (Lipinski definition) is 4. The molecular formula is C15H21Cl3N2OS. The van der Waals surface area contributed by atoms with Crippen molar-refractivity contribution >= 4 is 57.8 Å². The highest BCUT2D eigenvalue weighted by molar-refractivity contribution is 7.19. The third-order valence-electron chi connectivity index (χ3n) is 3.80. The highest BCUT2D eigenvalue weighted by Gasteiger charge is 2.32. The number of benzene rings is 1.